The van der Waals surface area contributed by atoms with Crippen LogP contribution < -0.4 is 15.4 Å². The molecule has 2 N–H and O–H groups in total. The van der Waals surface area contributed by atoms with E-state index in [0.717, 1.165) is 54.0 Å². The van der Waals surface area contributed by atoms with Gasteiger partial charge in [-0.2, -0.15) is 0 Å². The fraction of sp³-hybridized carbons (Fsp3) is 0.303. The monoisotopic (exact) mass is 599 g/mol. The van der Waals surface area contributed by atoms with Crippen LogP contribution in [0, 0.1) is 11.6 Å². The molecule has 0 saturated carbocycles. The Morgan fingerprint density at radius 2 is 1.55 bits per heavy atom. The summed E-state index contributed by atoms with van der Waals surface area (Å²) in [6.07, 6.45) is 2.92. The highest BCUT2D eigenvalue weighted by molar-refractivity contribution is 5.99. The number of rotatable bonds is 6. The molecular formula is C33H31F2N5O4. The van der Waals surface area contributed by atoms with Gasteiger partial charge in [-0.15, -0.1) is 0 Å². The second kappa shape index (κ2) is 11.1. The minimum atomic E-state index is -0.910. The average molecular weight is 600 g/mol. The molecule has 0 radical (unpaired) electrons. The summed E-state index contributed by atoms with van der Waals surface area (Å²) in [7, 11) is 1.93. The number of carbonyl (C=O) groups is 3. The molecule has 3 amide bonds. The molecule has 0 aliphatic carbocycles. The summed E-state index contributed by atoms with van der Waals surface area (Å²) in [5.74, 6) is -1.35. The van der Waals surface area contributed by atoms with Crippen molar-refractivity contribution < 1.29 is 27.9 Å². The van der Waals surface area contributed by atoms with Gasteiger partial charge >= 0.3 is 0 Å². The van der Waals surface area contributed by atoms with E-state index < -0.39 is 23.9 Å². The van der Waals surface area contributed by atoms with Crippen LogP contribution in [-0.4, -0.2) is 64.8 Å². The zero-order chi connectivity index (χ0) is 30.5. The minimum Gasteiger partial charge on any atom is -0.465 e. The lowest BCUT2D eigenvalue weighted by atomic mass is 10.1. The lowest BCUT2D eigenvalue weighted by Crippen LogP contribution is -2.38. The van der Waals surface area contributed by atoms with Crippen LogP contribution in [0.1, 0.15) is 37.5 Å². The van der Waals surface area contributed by atoms with Crippen molar-refractivity contribution in [3.8, 4) is 17.0 Å². The maximum atomic E-state index is 14.4. The molecular weight excluding hydrogens is 568 g/mol. The van der Waals surface area contributed by atoms with E-state index in [4.69, 9.17) is 4.74 Å². The standard InChI is InChI=1S/C33H31F2N5O4/c1-38-10-2-4-27(38)31(42)37-24-6-8-25-29-15-19-14-23(36-32(43)28-5-3-11-39(28)18-41)7-9-26(19)40(29)33(44-30(25)17-24)20-12-21(34)16-22(35)13-20/h6-9,12-18,27-28,33H,2-5,10-11H2,1H3,(H,36,43)(H,37,42)/t27-,28?,33?/m0/s1. The Balaban J connectivity index is 1.27. The highest BCUT2D eigenvalue weighted by Crippen LogP contribution is 2.45. The van der Waals surface area contributed by atoms with Crippen LogP contribution >= 0.6 is 0 Å². The van der Waals surface area contributed by atoms with E-state index in [2.05, 4.69) is 10.6 Å². The molecule has 7 rings (SSSR count). The molecule has 0 spiro atoms. The van der Waals surface area contributed by atoms with Gasteiger partial charge in [0.2, 0.25) is 24.5 Å². The molecule has 4 heterocycles. The largest absolute Gasteiger partial charge is 0.465 e. The first kappa shape index (κ1) is 28.0. The van der Waals surface area contributed by atoms with Crippen LogP contribution in [0.3, 0.4) is 0 Å². The predicted molar refractivity (Wildman–Crippen MR) is 161 cm³/mol. The maximum Gasteiger partial charge on any atom is 0.247 e. The second-order valence-electron chi connectivity index (χ2n) is 11.7. The quantitative estimate of drug-likeness (QED) is 0.300. The molecule has 3 aromatic carbocycles. The first-order valence-corrected chi connectivity index (χ1v) is 14.7. The molecule has 11 heteroatoms. The number of likely N-dealkylation sites (tertiary alicyclic amines) is 2. The third-order valence-electron chi connectivity index (χ3n) is 8.83. The number of likely N-dealkylation sites (N-methyl/N-ethyl adjacent to an activating group) is 1. The Kier molecular flexibility index (Phi) is 7.04. The van der Waals surface area contributed by atoms with Crippen LogP contribution in [0.4, 0.5) is 20.2 Å². The zero-order valence-corrected chi connectivity index (χ0v) is 24.1. The first-order chi connectivity index (χ1) is 21.3. The van der Waals surface area contributed by atoms with E-state index >= 15 is 0 Å². The van der Waals surface area contributed by atoms with Crippen LogP contribution in [0.15, 0.2) is 60.7 Å². The van der Waals surface area contributed by atoms with E-state index in [9.17, 15) is 23.2 Å². The highest BCUT2D eigenvalue weighted by Gasteiger charge is 2.33. The van der Waals surface area contributed by atoms with Crippen molar-refractivity contribution in [3.05, 3.63) is 77.9 Å². The summed E-state index contributed by atoms with van der Waals surface area (Å²) in [5.41, 5.74) is 3.62. The Bertz CT molecular complexity index is 1790. The van der Waals surface area contributed by atoms with Gasteiger partial charge < -0.3 is 24.8 Å². The first-order valence-electron chi connectivity index (χ1n) is 14.7. The summed E-state index contributed by atoms with van der Waals surface area (Å²) >= 11 is 0. The van der Waals surface area contributed by atoms with E-state index in [0.29, 0.717) is 36.5 Å². The summed E-state index contributed by atoms with van der Waals surface area (Å²) in [5, 5.41) is 6.69. The Labute approximate surface area is 252 Å². The number of amides is 3. The van der Waals surface area contributed by atoms with Crippen LogP contribution in [0.2, 0.25) is 0 Å². The fourth-order valence-electron chi connectivity index (χ4n) is 6.68. The Hall–Kier alpha value is -4.77. The number of nitrogens with one attached hydrogen (secondary N) is 2. The average Bonchev–Trinajstić information content (AvgIpc) is 3.74. The van der Waals surface area contributed by atoms with Crippen molar-refractivity contribution >= 4 is 40.5 Å². The van der Waals surface area contributed by atoms with Crippen molar-refractivity contribution in [1.29, 1.82) is 0 Å². The molecule has 9 nitrogen and oxygen atoms in total. The minimum absolute atomic E-state index is 0.0953. The van der Waals surface area contributed by atoms with Crippen LogP contribution in [0.5, 0.6) is 5.75 Å². The van der Waals surface area contributed by atoms with Gasteiger partial charge in [-0.25, -0.2) is 8.78 Å². The van der Waals surface area contributed by atoms with Crippen LogP contribution in [-0.2, 0) is 14.4 Å². The molecule has 0 bridgehead atoms. The maximum absolute atomic E-state index is 14.4. The fourth-order valence-corrected chi connectivity index (χ4v) is 6.68. The molecule has 44 heavy (non-hydrogen) atoms. The molecule has 1 aromatic heterocycles. The Morgan fingerprint density at radius 3 is 2.27 bits per heavy atom. The smallest absolute Gasteiger partial charge is 0.247 e. The van der Waals surface area contributed by atoms with E-state index in [1.54, 1.807) is 12.1 Å². The van der Waals surface area contributed by atoms with Crippen molar-refractivity contribution in [2.24, 2.45) is 0 Å². The number of nitrogens with zero attached hydrogens (tertiary/aromatic N) is 3. The summed E-state index contributed by atoms with van der Waals surface area (Å²) in [6, 6.07) is 15.3. The molecule has 3 aliphatic heterocycles. The van der Waals surface area contributed by atoms with Gasteiger partial charge in [0.1, 0.15) is 23.4 Å². The molecule has 2 unspecified atom stereocenters. The third kappa shape index (κ3) is 4.96. The van der Waals surface area contributed by atoms with Gasteiger partial charge in [0, 0.05) is 46.6 Å². The topological polar surface area (TPSA) is 95.9 Å². The number of fused-ring (bicyclic) bond motifs is 5. The van der Waals surface area contributed by atoms with E-state index in [1.807, 2.05) is 46.8 Å². The number of hydrogen-bond donors (Lipinski definition) is 2. The number of halogens is 2. The number of aromatic nitrogens is 1. The van der Waals surface area contributed by atoms with Crippen LogP contribution in [0.25, 0.3) is 22.2 Å². The van der Waals surface area contributed by atoms with E-state index in [1.165, 1.54) is 17.0 Å². The molecule has 3 aliphatic rings. The normalized spacial score (nSPS) is 21.1. The number of anilines is 2. The van der Waals surface area contributed by atoms with E-state index in [-0.39, 0.29) is 23.4 Å². The molecule has 2 saturated heterocycles. The van der Waals surface area contributed by atoms with Gasteiger partial charge in [-0.05, 0) is 87.8 Å². The predicted octanol–water partition coefficient (Wildman–Crippen LogP) is 5.12. The molecule has 4 aromatic rings. The lowest BCUT2D eigenvalue weighted by molar-refractivity contribution is -0.127. The Morgan fingerprint density at radius 1 is 0.864 bits per heavy atom. The number of hydrogen-bond acceptors (Lipinski definition) is 5. The number of carbonyl (C=O) groups excluding carboxylic acids is 3. The zero-order valence-electron chi connectivity index (χ0n) is 24.1. The number of ether oxygens (including phenoxy) is 1. The van der Waals surface area contributed by atoms with Crippen molar-refractivity contribution in [1.82, 2.24) is 14.4 Å². The molecule has 226 valence electrons. The second-order valence-corrected chi connectivity index (χ2v) is 11.7. The van der Waals surface area contributed by atoms with Gasteiger partial charge in [0.25, 0.3) is 0 Å². The molecule has 3 atom stereocenters. The SMILES string of the molecule is CN1CCC[C@H]1C(=O)Nc1ccc2c(c1)OC(c1cc(F)cc(F)c1)n1c-2cc2cc(NC(=O)C3CCCN3C=O)ccc21. The van der Waals surface area contributed by atoms with Gasteiger partial charge in [-0.1, -0.05) is 0 Å². The van der Waals surface area contributed by atoms with Gasteiger partial charge in [0.05, 0.1) is 17.3 Å². The van der Waals surface area contributed by atoms with Crippen molar-refractivity contribution in [3.63, 3.8) is 0 Å². The summed E-state index contributed by atoms with van der Waals surface area (Å²) in [4.78, 5) is 40.8. The summed E-state index contributed by atoms with van der Waals surface area (Å²) < 4.78 is 37.1. The number of benzene rings is 3. The van der Waals surface area contributed by atoms with Crippen molar-refractivity contribution in [2.45, 2.75) is 44.0 Å². The highest BCUT2D eigenvalue weighted by atomic mass is 19.1. The van der Waals surface area contributed by atoms with Gasteiger partial charge in [0.15, 0.2) is 0 Å². The lowest BCUT2D eigenvalue weighted by Gasteiger charge is -2.31. The molecule has 2 fully saturated rings. The summed E-state index contributed by atoms with van der Waals surface area (Å²) in [6.45, 7) is 1.42. The third-order valence-corrected chi connectivity index (χ3v) is 8.83. The van der Waals surface area contributed by atoms with Crippen molar-refractivity contribution in [2.75, 3.05) is 30.8 Å². The van der Waals surface area contributed by atoms with Gasteiger partial charge in [-0.3, -0.25) is 19.3 Å².